The number of nitrogens with zero attached hydrogens (tertiary/aromatic N) is 6. The molecule has 2 bridgehead atoms. The Bertz CT molecular complexity index is 2270. The quantitative estimate of drug-likeness (QED) is 0.136. The zero-order chi connectivity index (χ0) is 38.3. The predicted octanol–water partition coefficient (Wildman–Crippen LogP) is 6.92. The fourth-order valence-corrected chi connectivity index (χ4v) is 10.4. The maximum absolute atomic E-state index is 13.6. The van der Waals surface area contributed by atoms with Crippen LogP contribution in [-0.4, -0.2) is 93.2 Å². The number of nitrogens with one attached hydrogen (secondary N) is 1. The summed E-state index contributed by atoms with van der Waals surface area (Å²) < 4.78 is 15.2. The molecule has 5 heterocycles. The van der Waals surface area contributed by atoms with Gasteiger partial charge in [-0.15, -0.1) is 0 Å². The molecule has 4 aliphatic rings. The number of carbonyl (C=O) groups excluding carboxylic acids is 1. The molecule has 12 nitrogen and oxygen atoms in total. The van der Waals surface area contributed by atoms with E-state index in [0.717, 1.165) is 92.0 Å². The van der Waals surface area contributed by atoms with E-state index in [-0.39, 0.29) is 22.6 Å². The minimum Gasteiger partial charge on any atom is -0.476 e. The summed E-state index contributed by atoms with van der Waals surface area (Å²) in [4.78, 5) is 40.1. The number of amides is 1. The van der Waals surface area contributed by atoms with Crippen LogP contribution < -0.4 is 10.2 Å². The van der Waals surface area contributed by atoms with Crippen molar-refractivity contribution >= 4 is 44.4 Å². The Balaban J connectivity index is 0.902. The van der Waals surface area contributed by atoms with Crippen LogP contribution in [0.4, 0.5) is 10.9 Å². The van der Waals surface area contributed by atoms with E-state index >= 15 is 0 Å². The van der Waals surface area contributed by atoms with E-state index in [0.29, 0.717) is 54.1 Å². The number of pyridine rings is 1. The summed E-state index contributed by atoms with van der Waals surface area (Å²) in [7, 11) is 0. The van der Waals surface area contributed by atoms with Crippen LogP contribution in [0.25, 0.3) is 21.3 Å². The summed E-state index contributed by atoms with van der Waals surface area (Å²) in [5.74, 6) is -0.255. The van der Waals surface area contributed by atoms with E-state index in [1.54, 1.807) is 6.20 Å². The molecule has 1 saturated carbocycles. The van der Waals surface area contributed by atoms with E-state index in [2.05, 4.69) is 40.3 Å². The number of hydrogen-bond acceptors (Lipinski definition) is 10. The van der Waals surface area contributed by atoms with Gasteiger partial charge in [-0.05, 0) is 84.9 Å². The van der Waals surface area contributed by atoms with Gasteiger partial charge in [-0.2, -0.15) is 5.10 Å². The van der Waals surface area contributed by atoms with Crippen LogP contribution in [0.3, 0.4) is 0 Å². The number of aromatic nitrogens is 4. The third-order valence-electron chi connectivity index (χ3n) is 11.9. The molecule has 2 N–H and O–H groups in total. The van der Waals surface area contributed by atoms with Gasteiger partial charge < -0.3 is 19.5 Å². The highest BCUT2D eigenvalue weighted by Gasteiger charge is 2.49. The number of para-hydroxylation sites is 1. The standard InChI is InChI=1S/C43H47N7O5S/c1-29-22-42(13-5-14-43(23-29,27-42)55-21-18-48-16-19-54-20-17-48)28-50-25-31(24-44-50)32-10-11-37(46-38(32)40(52)53)49-15-12-30-6-4-7-33(34(30)26-49)39(51)47-41-45-35-8-2-3-9-36(35)56-41/h2-11,14,24-25,29H,12-13,15-23,26-28H2,1H3,(H,52,53)(H,45,47,51). The van der Waals surface area contributed by atoms with Gasteiger partial charge in [0, 0.05) is 62.2 Å². The maximum atomic E-state index is 13.6. The molecule has 1 saturated heterocycles. The molecule has 9 rings (SSSR count). The van der Waals surface area contributed by atoms with E-state index in [1.807, 2.05) is 64.3 Å². The minimum atomic E-state index is -1.10. The van der Waals surface area contributed by atoms with Gasteiger partial charge in [-0.3, -0.25) is 19.7 Å². The molecule has 2 aliphatic heterocycles. The highest BCUT2D eigenvalue weighted by atomic mass is 32.1. The number of morpholine rings is 1. The number of ether oxygens (including phenoxy) is 2. The van der Waals surface area contributed by atoms with E-state index in [1.165, 1.54) is 11.3 Å². The molecule has 3 atom stereocenters. The number of anilines is 2. The van der Waals surface area contributed by atoms with E-state index in [9.17, 15) is 14.7 Å². The largest absolute Gasteiger partial charge is 0.476 e. The average Bonchev–Trinajstić information content (AvgIpc) is 3.83. The van der Waals surface area contributed by atoms with Crippen LogP contribution in [0.5, 0.6) is 0 Å². The molecule has 3 aromatic heterocycles. The molecule has 0 radical (unpaired) electrons. The zero-order valence-corrected chi connectivity index (χ0v) is 32.5. The highest BCUT2D eigenvalue weighted by Crippen LogP contribution is 2.52. The summed E-state index contributed by atoms with van der Waals surface area (Å²) in [6, 6.07) is 17.3. The van der Waals surface area contributed by atoms with Crippen molar-refractivity contribution in [1.29, 1.82) is 0 Å². The first kappa shape index (κ1) is 36.7. The first-order chi connectivity index (χ1) is 27.2. The van der Waals surface area contributed by atoms with Gasteiger partial charge in [-0.1, -0.05) is 54.7 Å². The third-order valence-corrected chi connectivity index (χ3v) is 12.9. The first-order valence-corrected chi connectivity index (χ1v) is 20.5. The lowest BCUT2D eigenvalue weighted by atomic mass is 9.59. The monoisotopic (exact) mass is 773 g/mol. The van der Waals surface area contributed by atoms with Crippen LogP contribution in [0.2, 0.25) is 0 Å². The number of benzene rings is 2. The Morgan fingerprint density at radius 1 is 1.05 bits per heavy atom. The van der Waals surface area contributed by atoms with Gasteiger partial charge in [0.15, 0.2) is 10.8 Å². The smallest absolute Gasteiger partial charge is 0.355 e. The second-order valence-corrected chi connectivity index (χ2v) is 17.0. The zero-order valence-electron chi connectivity index (χ0n) is 31.7. The molecule has 0 spiro atoms. The molecule has 3 unspecified atom stereocenters. The van der Waals surface area contributed by atoms with E-state index < -0.39 is 5.97 Å². The number of carboxylic acids is 1. The number of carbonyl (C=O) groups is 2. The van der Waals surface area contributed by atoms with Crippen LogP contribution in [0.1, 0.15) is 64.6 Å². The lowest BCUT2D eigenvalue weighted by Gasteiger charge is -2.51. The first-order valence-electron chi connectivity index (χ1n) is 19.7. The minimum absolute atomic E-state index is 0.00110. The molecular weight excluding hydrogens is 727 g/mol. The van der Waals surface area contributed by atoms with Crippen LogP contribution >= 0.6 is 11.3 Å². The molecule has 5 aromatic rings. The Morgan fingerprint density at radius 2 is 1.93 bits per heavy atom. The maximum Gasteiger partial charge on any atom is 0.355 e. The molecule has 2 fully saturated rings. The summed E-state index contributed by atoms with van der Waals surface area (Å²) in [6.45, 7) is 9.22. The predicted molar refractivity (Wildman–Crippen MR) is 216 cm³/mol. The summed E-state index contributed by atoms with van der Waals surface area (Å²) >= 11 is 1.44. The highest BCUT2D eigenvalue weighted by molar-refractivity contribution is 7.22. The van der Waals surface area contributed by atoms with Gasteiger partial charge >= 0.3 is 5.97 Å². The van der Waals surface area contributed by atoms with Crippen molar-refractivity contribution in [2.24, 2.45) is 11.3 Å². The fraction of sp³-hybridized carbons (Fsp3) is 0.419. The molecule has 56 heavy (non-hydrogen) atoms. The van der Waals surface area contributed by atoms with Crippen LogP contribution in [0, 0.1) is 11.3 Å². The van der Waals surface area contributed by atoms with Crippen molar-refractivity contribution in [3.05, 3.63) is 102 Å². The normalized spacial score (nSPS) is 23.6. The van der Waals surface area contributed by atoms with Crippen molar-refractivity contribution in [3.63, 3.8) is 0 Å². The van der Waals surface area contributed by atoms with Crippen molar-refractivity contribution < 1.29 is 24.2 Å². The number of allylic oxidation sites excluding steroid dienone is 1. The average molecular weight is 774 g/mol. The Labute approximate surface area is 330 Å². The van der Waals surface area contributed by atoms with Crippen molar-refractivity contribution in [2.45, 2.75) is 57.7 Å². The van der Waals surface area contributed by atoms with Crippen molar-refractivity contribution in [1.82, 2.24) is 24.6 Å². The van der Waals surface area contributed by atoms with Gasteiger partial charge in [0.05, 0.1) is 41.8 Å². The molecule has 13 heteroatoms. The van der Waals surface area contributed by atoms with Gasteiger partial charge in [0.1, 0.15) is 5.82 Å². The number of fused-ring (bicyclic) bond motifs is 4. The topological polar surface area (TPSA) is 135 Å². The Morgan fingerprint density at radius 3 is 2.79 bits per heavy atom. The van der Waals surface area contributed by atoms with Gasteiger partial charge in [0.25, 0.3) is 5.91 Å². The second kappa shape index (κ2) is 15.2. The Kier molecular flexibility index (Phi) is 9.94. The number of rotatable bonds is 11. The fourth-order valence-electron chi connectivity index (χ4n) is 9.57. The Hall–Kier alpha value is -4.95. The van der Waals surface area contributed by atoms with Crippen molar-refractivity contribution in [3.8, 4) is 11.1 Å². The lowest BCUT2D eigenvalue weighted by molar-refractivity contribution is -0.104. The summed E-state index contributed by atoms with van der Waals surface area (Å²) in [6.07, 6.45) is 13.0. The molecule has 1 amide bonds. The SMILES string of the molecule is CC1CC2(Cn3cc(-c4ccc(N5CCc6cccc(C(=O)Nc7nc8ccccc8s7)c6C5)nc4C(=O)O)cn3)CC=CC(OCCN3CCOCC3)(C1)C2. The summed E-state index contributed by atoms with van der Waals surface area (Å²) in [5, 5.41) is 18.7. The third kappa shape index (κ3) is 7.48. The van der Waals surface area contributed by atoms with Crippen LogP contribution in [0.15, 0.2) is 79.1 Å². The molecular formula is C43H47N7O5S. The molecule has 2 aliphatic carbocycles. The van der Waals surface area contributed by atoms with Gasteiger partial charge in [0.2, 0.25) is 0 Å². The number of hydrogen-bond donors (Lipinski definition) is 2. The van der Waals surface area contributed by atoms with Crippen molar-refractivity contribution in [2.75, 3.05) is 56.2 Å². The molecule has 290 valence electrons. The molecule has 2 aromatic carbocycles. The van der Waals surface area contributed by atoms with Crippen LogP contribution in [-0.2, 0) is 29.0 Å². The number of thiazole rings is 1. The van der Waals surface area contributed by atoms with E-state index in [4.69, 9.17) is 19.6 Å². The number of carboxylic acid groups (broad SMARTS) is 1. The lowest BCUT2D eigenvalue weighted by Crippen LogP contribution is -2.50. The second-order valence-electron chi connectivity index (χ2n) is 16.0. The number of aromatic carboxylic acids is 1. The van der Waals surface area contributed by atoms with Gasteiger partial charge in [-0.25, -0.2) is 14.8 Å². The summed E-state index contributed by atoms with van der Waals surface area (Å²) in [5.41, 5.74) is 4.38.